The van der Waals surface area contributed by atoms with Gasteiger partial charge in [-0.15, -0.1) is 0 Å². The Labute approximate surface area is 102 Å². The normalized spacial score (nSPS) is 14.9. The maximum Gasteiger partial charge on any atom is 0.251 e. The van der Waals surface area contributed by atoms with E-state index in [9.17, 15) is 9.59 Å². The average molecular weight is 282 g/mol. The maximum atomic E-state index is 11.7. The van der Waals surface area contributed by atoms with Crippen LogP contribution >= 0.6 is 15.9 Å². The predicted octanol–water partition coefficient (Wildman–Crippen LogP) is 1.94. The van der Waals surface area contributed by atoms with Gasteiger partial charge in [-0.25, -0.2) is 0 Å². The van der Waals surface area contributed by atoms with Crippen LogP contribution in [0.5, 0.6) is 0 Å². The second-order valence-corrected chi connectivity index (χ2v) is 4.35. The molecule has 0 atom stereocenters. The molecule has 0 unspecified atom stereocenters. The topological polar surface area (TPSA) is 46.2 Å². The zero-order chi connectivity index (χ0) is 11.5. The molecule has 0 aliphatic carbocycles. The van der Waals surface area contributed by atoms with Crippen LogP contribution in [0.3, 0.4) is 0 Å². The summed E-state index contributed by atoms with van der Waals surface area (Å²) in [6, 6.07) is 5.37. The van der Waals surface area contributed by atoms with E-state index in [0.29, 0.717) is 17.7 Å². The molecule has 0 saturated heterocycles. The first-order valence-electron chi connectivity index (χ1n) is 5.22. The third-order valence-electron chi connectivity index (χ3n) is 2.71. The van der Waals surface area contributed by atoms with Crippen molar-refractivity contribution in [3.63, 3.8) is 0 Å². The van der Waals surface area contributed by atoms with E-state index in [-0.39, 0.29) is 17.0 Å². The minimum absolute atomic E-state index is 0.000142. The van der Waals surface area contributed by atoms with E-state index in [1.54, 1.807) is 12.1 Å². The second-order valence-electron chi connectivity index (χ2n) is 3.79. The van der Waals surface area contributed by atoms with Crippen LogP contribution in [0.4, 0.5) is 0 Å². The molecule has 0 radical (unpaired) electrons. The smallest absolute Gasteiger partial charge is 0.251 e. The van der Waals surface area contributed by atoms with E-state index < -0.39 is 0 Å². The molecular formula is C12H12BrNO2. The van der Waals surface area contributed by atoms with Gasteiger partial charge in [-0.2, -0.15) is 0 Å². The molecule has 0 spiro atoms. The summed E-state index contributed by atoms with van der Waals surface area (Å²) in [5, 5.41) is 3.11. The summed E-state index contributed by atoms with van der Waals surface area (Å²) in [5.74, 6) is -0.0726. The molecule has 1 aliphatic rings. The Hall–Kier alpha value is -1.16. The summed E-state index contributed by atoms with van der Waals surface area (Å²) in [4.78, 5) is 23.2. The van der Waals surface area contributed by atoms with Crippen molar-refractivity contribution < 1.29 is 9.59 Å². The molecule has 4 heteroatoms. The average Bonchev–Trinajstić information content (AvgIpc) is 2.50. The highest BCUT2D eigenvalue weighted by Gasteiger charge is 2.16. The number of carbonyl (C=O) groups excluding carboxylic acids is 2. The Morgan fingerprint density at radius 3 is 3.00 bits per heavy atom. The molecule has 1 aromatic carbocycles. The van der Waals surface area contributed by atoms with Crippen molar-refractivity contribution in [2.75, 3.05) is 11.9 Å². The third-order valence-corrected chi connectivity index (χ3v) is 3.22. The standard InChI is InChI=1S/C12H12BrNO2/c13-7-11(15)9-4-3-8-2-1-5-14-12(16)10(8)6-9/h3-4,6H,1-2,5,7H2,(H,14,16). The monoisotopic (exact) mass is 281 g/mol. The summed E-state index contributed by atoms with van der Waals surface area (Å²) in [6.45, 7) is 0.704. The number of fused-ring (bicyclic) bond motifs is 1. The highest BCUT2D eigenvalue weighted by Crippen LogP contribution is 2.17. The van der Waals surface area contributed by atoms with Crippen LogP contribution in [0.15, 0.2) is 18.2 Å². The van der Waals surface area contributed by atoms with Gasteiger partial charge in [0.2, 0.25) is 0 Å². The first-order valence-corrected chi connectivity index (χ1v) is 6.35. The lowest BCUT2D eigenvalue weighted by atomic mass is 9.99. The third kappa shape index (κ3) is 2.16. The van der Waals surface area contributed by atoms with Gasteiger partial charge >= 0.3 is 0 Å². The number of amides is 1. The van der Waals surface area contributed by atoms with E-state index in [1.807, 2.05) is 6.07 Å². The van der Waals surface area contributed by atoms with E-state index in [0.717, 1.165) is 18.4 Å². The first-order chi connectivity index (χ1) is 7.72. The molecule has 0 fully saturated rings. The summed E-state index contributed by atoms with van der Waals surface area (Å²) in [7, 11) is 0. The quantitative estimate of drug-likeness (QED) is 0.665. The Morgan fingerprint density at radius 1 is 1.44 bits per heavy atom. The van der Waals surface area contributed by atoms with Gasteiger partial charge in [0.25, 0.3) is 5.91 Å². The van der Waals surface area contributed by atoms with Crippen molar-refractivity contribution in [2.24, 2.45) is 0 Å². The summed E-state index contributed by atoms with van der Waals surface area (Å²) < 4.78 is 0. The number of Topliss-reactive ketones (excluding diaryl/α,β-unsaturated/α-hetero) is 1. The van der Waals surface area contributed by atoms with Crippen molar-refractivity contribution in [1.82, 2.24) is 5.32 Å². The molecule has 1 heterocycles. The van der Waals surface area contributed by atoms with Crippen LogP contribution < -0.4 is 5.32 Å². The zero-order valence-electron chi connectivity index (χ0n) is 8.75. The molecule has 1 aromatic rings. The fourth-order valence-electron chi connectivity index (χ4n) is 1.83. The van der Waals surface area contributed by atoms with Gasteiger partial charge in [0, 0.05) is 17.7 Å². The number of alkyl halides is 1. The van der Waals surface area contributed by atoms with Crippen LogP contribution in [-0.2, 0) is 6.42 Å². The van der Waals surface area contributed by atoms with Crippen LogP contribution in [0, 0.1) is 0 Å². The number of rotatable bonds is 2. The zero-order valence-corrected chi connectivity index (χ0v) is 10.3. The molecule has 16 heavy (non-hydrogen) atoms. The molecule has 84 valence electrons. The van der Waals surface area contributed by atoms with Gasteiger partial charge in [-0.3, -0.25) is 9.59 Å². The van der Waals surface area contributed by atoms with Gasteiger partial charge in [0.15, 0.2) is 5.78 Å². The Balaban J connectivity index is 2.43. The lowest BCUT2D eigenvalue weighted by Gasteiger charge is -2.06. The first kappa shape index (κ1) is 11.3. The number of hydrogen-bond acceptors (Lipinski definition) is 2. The van der Waals surface area contributed by atoms with E-state index in [2.05, 4.69) is 21.2 Å². The van der Waals surface area contributed by atoms with Crippen molar-refractivity contribution in [2.45, 2.75) is 12.8 Å². The molecule has 1 aliphatic heterocycles. The lowest BCUT2D eigenvalue weighted by molar-refractivity contribution is 0.0956. The minimum Gasteiger partial charge on any atom is -0.352 e. The van der Waals surface area contributed by atoms with Gasteiger partial charge < -0.3 is 5.32 Å². The van der Waals surface area contributed by atoms with Crippen molar-refractivity contribution in [3.05, 3.63) is 34.9 Å². The summed E-state index contributed by atoms with van der Waals surface area (Å²) in [6.07, 6.45) is 1.83. The fourth-order valence-corrected chi connectivity index (χ4v) is 2.16. The summed E-state index contributed by atoms with van der Waals surface area (Å²) in [5.41, 5.74) is 2.26. The Kier molecular flexibility index (Phi) is 3.39. The number of carbonyl (C=O) groups is 2. The SMILES string of the molecule is O=C(CBr)c1ccc2c(c1)C(=O)NCCC2. The minimum atomic E-state index is -0.0725. The number of hydrogen-bond donors (Lipinski definition) is 1. The van der Waals surface area contributed by atoms with Crippen LogP contribution in [0.1, 0.15) is 32.7 Å². The van der Waals surface area contributed by atoms with E-state index in [1.165, 1.54) is 0 Å². The van der Waals surface area contributed by atoms with Gasteiger partial charge in [0.1, 0.15) is 0 Å². The largest absolute Gasteiger partial charge is 0.352 e. The summed E-state index contributed by atoms with van der Waals surface area (Å²) >= 11 is 3.13. The van der Waals surface area contributed by atoms with Gasteiger partial charge in [-0.1, -0.05) is 28.1 Å². The molecular weight excluding hydrogens is 270 g/mol. The van der Waals surface area contributed by atoms with E-state index in [4.69, 9.17) is 0 Å². The lowest BCUT2D eigenvalue weighted by Crippen LogP contribution is -2.22. The number of benzene rings is 1. The van der Waals surface area contributed by atoms with Gasteiger partial charge in [0.05, 0.1) is 5.33 Å². The second kappa shape index (κ2) is 4.78. The molecule has 2 rings (SSSR count). The molecule has 0 saturated carbocycles. The molecule has 0 bridgehead atoms. The van der Waals surface area contributed by atoms with E-state index >= 15 is 0 Å². The fraction of sp³-hybridized carbons (Fsp3) is 0.333. The van der Waals surface area contributed by atoms with Crippen molar-refractivity contribution >= 4 is 27.6 Å². The molecule has 0 aromatic heterocycles. The highest BCUT2D eigenvalue weighted by molar-refractivity contribution is 9.09. The van der Waals surface area contributed by atoms with Crippen LogP contribution in [0.25, 0.3) is 0 Å². The number of nitrogens with one attached hydrogen (secondary N) is 1. The van der Waals surface area contributed by atoms with Crippen LogP contribution in [0.2, 0.25) is 0 Å². The van der Waals surface area contributed by atoms with Crippen LogP contribution in [-0.4, -0.2) is 23.6 Å². The van der Waals surface area contributed by atoms with Crippen molar-refractivity contribution in [3.8, 4) is 0 Å². The molecule has 3 nitrogen and oxygen atoms in total. The molecule has 1 amide bonds. The molecule has 1 N–H and O–H groups in total. The number of halogens is 1. The Bertz CT molecular complexity index is 443. The Morgan fingerprint density at radius 2 is 2.25 bits per heavy atom. The maximum absolute atomic E-state index is 11.7. The number of ketones is 1. The highest BCUT2D eigenvalue weighted by atomic mass is 79.9. The predicted molar refractivity (Wildman–Crippen MR) is 65.2 cm³/mol. The van der Waals surface area contributed by atoms with Crippen molar-refractivity contribution in [1.29, 1.82) is 0 Å². The number of aryl methyl sites for hydroxylation is 1. The van der Waals surface area contributed by atoms with Gasteiger partial charge in [-0.05, 0) is 24.5 Å².